The molecule has 0 saturated carbocycles. The van der Waals surface area contributed by atoms with Gasteiger partial charge in [0.1, 0.15) is 12.1 Å². The Labute approximate surface area is 154 Å². The van der Waals surface area contributed by atoms with Gasteiger partial charge in [0, 0.05) is 32.6 Å². The molecule has 2 amide bonds. The molecule has 2 atom stereocenters. The Bertz CT molecular complexity index is 604. The van der Waals surface area contributed by atoms with Gasteiger partial charge in [-0.05, 0) is 12.6 Å². The topological polar surface area (TPSA) is 71.1 Å². The summed E-state index contributed by atoms with van der Waals surface area (Å²) in [7, 11) is 1.96. The molecule has 26 heavy (non-hydrogen) atoms. The highest BCUT2D eigenvalue weighted by molar-refractivity contribution is 5.89. The smallest absolute Gasteiger partial charge is 0.251 e. The number of hydrogen-bond donors (Lipinski definition) is 1. The van der Waals surface area contributed by atoms with Crippen molar-refractivity contribution < 1.29 is 19.1 Å². The van der Waals surface area contributed by atoms with Crippen LogP contribution >= 0.6 is 0 Å². The lowest BCUT2D eigenvalue weighted by Crippen LogP contribution is -2.56. The summed E-state index contributed by atoms with van der Waals surface area (Å²) < 4.78 is 10.9. The second-order valence-corrected chi connectivity index (χ2v) is 6.81. The van der Waals surface area contributed by atoms with E-state index in [4.69, 9.17) is 9.47 Å². The number of nitrogens with zero attached hydrogens (tertiary/aromatic N) is 2. The molecule has 2 heterocycles. The van der Waals surface area contributed by atoms with Crippen LogP contribution in [0.5, 0.6) is 0 Å². The molecule has 0 aliphatic carbocycles. The molecule has 2 unspecified atom stereocenters. The molecule has 1 aromatic carbocycles. The van der Waals surface area contributed by atoms with Crippen LogP contribution in [0.1, 0.15) is 5.56 Å². The summed E-state index contributed by atoms with van der Waals surface area (Å²) in [5, 5.41) is 2.93. The number of carbonyl (C=O) groups is 2. The number of ether oxygens (including phenoxy) is 2. The molecule has 2 saturated heterocycles. The number of likely N-dealkylation sites (N-methyl/N-ethyl adjacent to an activating group) is 1. The molecule has 7 heteroatoms. The van der Waals surface area contributed by atoms with E-state index in [1.807, 2.05) is 37.4 Å². The van der Waals surface area contributed by atoms with Gasteiger partial charge in [0.15, 0.2) is 0 Å². The third kappa shape index (κ3) is 5.03. The van der Waals surface area contributed by atoms with Crippen LogP contribution in [0.2, 0.25) is 0 Å². The molecule has 0 radical (unpaired) electrons. The van der Waals surface area contributed by atoms with Crippen LogP contribution in [0.25, 0.3) is 0 Å². The predicted octanol–water partition coefficient (Wildman–Crippen LogP) is -0.0967. The number of hydrogen-bond acceptors (Lipinski definition) is 5. The van der Waals surface area contributed by atoms with Crippen LogP contribution in [0.15, 0.2) is 30.3 Å². The first kappa shape index (κ1) is 18.8. The minimum atomic E-state index is -0.598. The molecule has 2 fully saturated rings. The molecule has 2 aliphatic rings. The molecule has 0 spiro atoms. The highest BCUT2D eigenvalue weighted by atomic mass is 16.5. The van der Waals surface area contributed by atoms with Crippen molar-refractivity contribution in [1.29, 1.82) is 0 Å². The van der Waals surface area contributed by atoms with Crippen LogP contribution in [0.3, 0.4) is 0 Å². The molecule has 1 N–H and O–H groups in total. The van der Waals surface area contributed by atoms with Crippen LogP contribution in [0.4, 0.5) is 0 Å². The molecule has 0 bridgehead atoms. The van der Waals surface area contributed by atoms with Gasteiger partial charge in [0.25, 0.3) is 5.91 Å². The van der Waals surface area contributed by atoms with Crippen LogP contribution in [-0.4, -0.2) is 86.8 Å². The Hall–Kier alpha value is -1.96. The lowest BCUT2D eigenvalue weighted by Gasteiger charge is -2.33. The normalized spacial score (nSPS) is 22.7. The minimum absolute atomic E-state index is 0.0605. The van der Waals surface area contributed by atoms with E-state index < -0.39 is 12.1 Å². The Kier molecular flexibility index (Phi) is 6.60. The number of benzene rings is 1. The maximum atomic E-state index is 13.0. The summed E-state index contributed by atoms with van der Waals surface area (Å²) in [6.07, 6.45) is -0.0739. The first-order chi connectivity index (χ1) is 12.6. The second-order valence-electron chi connectivity index (χ2n) is 6.81. The minimum Gasteiger partial charge on any atom is -0.378 e. The maximum Gasteiger partial charge on any atom is 0.251 e. The molecule has 7 nitrogen and oxygen atoms in total. The van der Waals surface area contributed by atoms with Crippen LogP contribution in [0, 0.1) is 0 Å². The Morgan fingerprint density at radius 1 is 1.15 bits per heavy atom. The zero-order chi connectivity index (χ0) is 18.4. The fourth-order valence-corrected chi connectivity index (χ4v) is 3.26. The summed E-state index contributed by atoms with van der Waals surface area (Å²) in [4.78, 5) is 29.5. The lowest BCUT2D eigenvalue weighted by molar-refractivity contribution is -0.145. The van der Waals surface area contributed by atoms with Crippen molar-refractivity contribution in [3.05, 3.63) is 35.9 Å². The SMILES string of the molecule is CN1CCOC(C(=O)NC(Cc2ccccc2)C(=O)N2CCOCC2)C1. The van der Waals surface area contributed by atoms with E-state index in [9.17, 15) is 9.59 Å². The highest BCUT2D eigenvalue weighted by Crippen LogP contribution is 2.10. The number of morpholine rings is 2. The molecular weight excluding hydrogens is 334 g/mol. The summed E-state index contributed by atoms with van der Waals surface area (Å²) in [6, 6.07) is 9.15. The third-order valence-electron chi connectivity index (χ3n) is 4.78. The Morgan fingerprint density at radius 3 is 2.58 bits per heavy atom. The lowest BCUT2D eigenvalue weighted by atomic mass is 10.0. The number of carbonyl (C=O) groups excluding carboxylic acids is 2. The fourth-order valence-electron chi connectivity index (χ4n) is 3.26. The summed E-state index contributed by atoms with van der Waals surface area (Å²) in [6.45, 7) is 4.06. The number of rotatable bonds is 5. The number of amides is 2. The molecule has 2 aliphatic heterocycles. The van der Waals surface area contributed by atoms with E-state index in [2.05, 4.69) is 10.2 Å². The zero-order valence-corrected chi connectivity index (χ0v) is 15.2. The van der Waals surface area contributed by atoms with Gasteiger partial charge in [-0.15, -0.1) is 0 Å². The van der Waals surface area contributed by atoms with Gasteiger partial charge in [-0.3, -0.25) is 9.59 Å². The largest absolute Gasteiger partial charge is 0.378 e. The van der Waals surface area contributed by atoms with Crippen molar-refractivity contribution >= 4 is 11.8 Å². The molecule has 1 aromatic rings. The second kappa shape index (κ2) is 9.12. The molecular formula is C19H27N3O4. The average Bonchev–Trinajstić information content (AvgIpc) is 2.68. The van der Waals surface area contributed by atoms with Crippen molar-refractivity contribution in [1.82, 2.24) is 15.1 Å². The monoisotopic (exact) mass is 361 g/mol. The van der Waals surface area contributed by atoms with Crippen LogP contribution < -0.4 is 5.32 Å². The Balaban J connectivity index is 1.69. The molecule has 0 aromatic heterocycles. The quantitative estimate of drug-likeness (QED) is 0.793. The van der Waals surface area contributed by atoms with Gasteiger partial charge in [-0.1, -0.05) is 30.3 Å². The van der Waals surface area contributed by atoms with Crippen molar-refractivity contribution in [2.24, 2.45) is 0 Å². The fraction of sp³-hybridized carbons (Fsp3) is 0.579. The summed E-state index contributed by atoms with van der Waals surface area (Å²) in [5.74, 6) is -0.284. The van der Waals surface area contributed by atoms with Crippen molar-refractivity contribution in [3.8, 4) is 0 Å². The van der Waals surface area contributed by atoms with E-state index in [1.165, 1.54) is 0 Å². The maximum absolute atomic E-state index is 13.0. The zero-order valence-electron chi connectivity index (χ0n) is 15.2. The van der Waals surface area contributed by atoms with E-state index in [0.29, 0.717) is 45.9 Å². The van der Waals surface area contributed by atoms with Crippen molar-refractivity contribution in [2.45, 2.75) is 18.6 Å². The van der Waals surface area contributed by atoms with Crippen molar-refractivity contribution in [3.63, 3.8) is 0 Å². The first-order valence-corrected chi connectivity index (χ1v) is 9.14. The van der Waals surface area contributed by atoms with Gasteiger partial charge >= 0.3 is 0 Å². The van der Waals surface area contributed by atoms with Gasteiger partial charge < -0.3 is 24.6 Å². The van der Waals surface area contributed by atoms with Gasteiger partial charge in [-0.25, -0.2) is 0 Å². The van der Waals surface area contributed by atoms with E-state index in [0.717, 1.165) is 12.1 Å². The van der Waals surface area contributed by atoms with E-state index in [-0.39, 0.29) is 11.8 Å². The van der Waals surface area contributed by atoms with Gasteiger partial charge in [-0.2, -0.15) is 0 Å². The van der Waals surface area contributed by atoms with E-state index >= 15 is 0 Å². The van der Waals surface area contributed by atoms with Crippen molar-refractivity contribution in [2.75, 3.05) is 53.0 Å². The standard InChI is InChI=1S/C19H27N3O4/c1-21-7-12-26-17(14-21)18(23)20-16(13-15-5-3-2-4-6-15)19(24)22-8-10-25-11-9-22/h2-6,16-17H,7-14H2,1H3,(H,20,23). The van der Waals surface area contributed by atoms with Gasteiger partial charge in [0.2, 0.25) is 5.91 Å². The van der Waals surface area contributed by atoms with Gasteiger partial charge in [0.05, 0.1) is 19.8 Å². The Morgan fingerprint density at radius 2 is 1.88 bits per heavy atom. The summed E-state index contributed by atoms with van der Waals surface area (Å²) in [5.41, 5.74) is 1.01. The first-order valence-electron chi connectivity index (χ1n) is 9.14. The third-order valence-corrected chi connectivity index (χ3v) is 4.78. The summed E-state index contributed by atoms with van der Waals surface area (Å²) >= 11 is 0. The van der Waals surface area contributed by atoms with Crippen LogP contribution in [-0.2, 0) is 25.5 Å². The molecule has 142 valence electrons. The molecule has 3 rings (SSSR count). The number of nitrogens with one attached hydrogen (secondary N) is 1. The average molecular weight is 361 g/mol. The highest BCUT2D eigenvalue weighted by Gasteiger charge is 2.31. The van der Waals surface area contributed by atoms with E-state index in [1.54, 1.807) is 4.90 Å². The predicted molar refractivity (Wildman–Crippen MR) is 96.7 cm³/mol.